The number of benzene rings is 1. The average molecular weight is 398 g/mol. The average Bonchev–Trinajstić information content (AvgIpc) is 2.69. The van der Waals surface area contributed by atoms with Crippen LogP contribution in [-0.4, -0.2) is 48.0 Å². The van der Waals surface area contributed by atoms with Gasteiger partial charge in [-0.1, -0.05) is 0 Å². The molecule has 1 aromatic rings. The Hall–Kier alpha value is -1.93. The van der Waals surface area contributed by atoms with Gasteiger partial charge in [-0.2, -0.15) is 13.0 Å². The lowest BCUT2D eigenvalue weighted by atomic mass is 9.82. The highest BCUT2D eigenvalue weighted by atomic mass is 32.2. The van der Waals surface area contributed by atoms with Crippen molar-refractivity contribution in [2.75, 3.05) is 13.1 Å². The molecule has 1 amide bonds. The second-order valence-electron chi connectivity index (χ2n) is 8.30. The van der Waals surface area contributed by atoms with E-state index in [1.165, 1.54) is 12.1 Å². The normalized spacial score (nSPS) is 16.3. The molecule has 150 valence electrons. The molecule has 1 aromatic carbocycles. The van der Waals surface area contributed by atoms with Crippen LogP contribution in [-0.2, 0) is 20.3 Å². The summed E-state index contributed by atoms with van der Waals surface area (Å²) in [7, 11) is -4.24. The summed E-state index contributed by atoms with van der Waals surface area (Å²) >= 11 is 0. The van der Waals surface area contributed by atoms with Gasteiger partial charge in [-0.15, -0.1) is 0 Å². The molecule has 0 bridgehead atoms. The summed E-state index contributed by atoms with van der Waals surface area (Å²) in [6.07, 6.45) is 0.259. The van der Waals surface area contributed by atoms with E-state index in [0.717, 1.165) is 17.0 Å². The smallest absolute Gasteiger partial charge is 0.407 e. The molecule has 0 saturated carbocycles. The highest BCUT2D eigenvalue weighted by Crippen LogP contribution is 2.40. The molecule has 1 aliphatic heterocycles. The second kappa shape index (κ2) is 7.24. The van der Waals surface area contributed by atoms with Gasteiger partial charge in [0.1, 0.15) is 5.60 Å². The Kier molecular flexibility index (Phi) is 5.73. The quantitative estimate of drug-likeness (QED) is 0.452. The molecule has 0 atom stereocenters. The number of carbonyl (C=O) groups is 1. The number of alkyl carbamates (subject to hydrolysis) is 1. The molecule has 0 saturated heterocycles. The van der Waals surface area contributed by atoms with Crippen molar-refractivity contribution in [1.29, 1.82) is 0 Å². The SMILES string of the molecule is CC1=[N+](CCCNC(=O)OC(C)(C)C)c2ccc(S(=O)(=O)O)cc2C1(C)C. The predicted octanol–water partition coefficient (Wildman–Crippen LogP) is 3.24. The Bertz CT molecular complexity index is 880. The minimum atomic E-state index is -4.24. The number of ether oxygens (including phenoxy) is 1. The third kappa shape index (κ3) is 4.87. The molecule has 0 radical (unpaired) electrons. The predicted molar refractivity (Wildman–Crippen MR) is 104 cm³/mol. The van der Waals surface area contributed by atoms with Crippen LogP contribution in [0.3, 0.4) is 0 Å². The maximum atomic E-state index is 11.7. The standard InChI is InChI=1S/C19H28N2O5S/c1-13-19(5,6)15-12-14(27(23,24)25)8-9-16(15)21(13)11-7-10-20-17(22)26-18(2,3)4/h8-9,12H,7,10-11H2,1-6H3,(H-,20,22,23,24,25)/p+1. The van der Waals surface area contributed by atoms with E-state index in [2.05, 4.69) is 9.89 Å². The van der Waals surface area contributed by atoms with Crippen LogP contribution in [0.25, 0.3) is 0 Å². The Morgan fingerprint density at radius 3 is 2.48 bits per heavy atom. The zero-order valence-corrected chi connectivity index (χ0v) is 17.6. The zero-order valence-electron chi connectivity index (χ0n) is 16.8. The lowest BCUT2D eigenvalue weighted by Gasteiger charge is -2.19. The van der Waals surface area contributed by atoms with Crippen molar-refractivity contribution in [3.05, 3.63) is 23.8 Å². The maximum absolute atomic E-state index is 11.7. The summed E-state index contributed by atoms with van der Waals surface area (Å²) in [5, 5.41) is 2.74. The third-order valence-corrected chi connectivity index (χ3v) is 5.62. The van der Waals surface area contributed by atoms with Crippen molar-refractivity contribution in [1.82, 2.24) is 5.32 Å². The van der Waals surface area contributed by atoms with Crippen molar-refractivity contribution in [2.45, 2.75) is 63.9 Å². The topological polar surface area (TPSA) is 95.7 Å². The fourth-order valence-corrected chi connectivity index (χ4v) is 3.66. The Morgan fingerprint density at radius 2 is 1.93 bits per heavy atom. The van der Waals surface area contributed by atoms with Crippen LogP contribution in [0.1, 0.15) is 53.5 Å². The van der Waals surface area contributed by atoms with Gasteiger partial charge < -0.3 is 10.1 Å². The first-order chi connectivity index (χ1) is 12.2. The number of nitrogens with one attached hydrogen (secondary N) is 1. The van der Waals surface area contributed by atoms with Crippen molar-refractivity contribution >= 4 is 27.6 Å². The lowest BCUT2D eigenvalue weighted by Crippen LogP contribution is -2.34. The summed E-state index contributed by atoms with van der Waals surface area (Å²) < 4.78 is 39.6. The van der Waals surface area contributed by atoms with E-state index in [9.17, 15) is 17.8 Å². The number of carbonyl (C=O) groups excluding carboxylic acids is 1. The summed E-state index contributed by atoms with van der Waals surface area (Å²) in [6.45, 7) is 12.6. The number of hydrogen-bond acceptors (Lipinski definition) is 4. The van der Waals surface area contributed by atoms with Gasteiger partial charge in [0.25, 0.3) is 10.1 Å². The zero-order chi connectivity index (χ0) is 20.6. The van der Waals surface area contributed by atoms with Gasteiger partial charge in [0.05, 0.1) is 10.3 Å². The summed E-state index contributed by atoms with van der Waals surface area (Å²) in [4.78, 5) is 11.6. The van der Waals surface area contributed by atoms with Crippen LogP contribution in [0.5, 0.6) is 0 Å². The molecule has 0 aromatic heterocycles. The van der Waals surface area contributed by atoms with E-state index in [1.807, 2.05) is 41.5 Å². The van der Waals surface area contributed by atoms with Gasteiger partial charge in [-0.3, -0.25) is 4.55 Å². The van der Waals surface area contributed by atoms with Crippen molar-refractivity contribution in [3.8, 4) is 0 Å². The Balaban J connectivity index is 2.11. The molecule has 2 N–H and O–H groups in total. The molecule has 1 aliphatic rings. The molecule has 0 fully saturated rings. The van der Waals surface area contributed by atoms with Crippen LogP contribution >= 0.6 is 0 Å². The molecule has 27 heavy (non-hydrogen) atoms. The molecule has 0 aliphatic carbocycles. The highest BCUT2D eigenvalue weighted by Gasteiger charge is 2.43. The Morgan fingerprint density at radius 1 is 1.30 bits per heavy atom. The summed E-state index contributed by atoms with van der Waals surface area (Å²) in [5.41, 5.74) is 1.98. The van der Waals surface area contributed by atoms with Gasteiger partial charge in [-0.05, 0) is 46.8 Å². The first-order valence-corrected chi connectivity index (χ1v) is 10.4. The van der Waals surface area contributed by atoms with Gasteiger partial charge in [0, 0.05) is 31.5 Å². The van der Waals surface area contributed by atoms with Crippen molar-refractivity contribution in [3.63, 3.8) is 0 Å². The molecule has 2 rings (SSSR count). The first kappa shape index (κ1) is 21.4. The minimum Gasteiger partial charge on any atom is -0.444 e. The minimum absolute atomic E-state index is 0.101. The number of nitrogens with zero attached hydrogens (tertiary/aromatic N) is 1. The number of hydrogen-bond donors (Lipinski definition) is 2. The van der Waals surface area contributed by atoms with E-state index < -0.39 is 21.8 Å². The molecular formula is C19H29N2O5S+. The lowest BCUT2D eigenvalue weighted by molar-refractivity contribution is -0.439. The van der Waals surface area contributed by atoms with E-state index in [0.29, 0.717) is 19.5 Å². The van der Waals surface area contributed by atoms with Crippen LogP contribution in [0.15, 0.2) is 23.1 Å². The number of amides is 1. The van der Waals surface area contributed by atoms with E-state index >= 15 is 0 Å². The monoisotopic (exact) mass is 397 g/mol. The number of rotatable bonds is 5. The van der Waals surface area contributed by atoms with Crippen LogP contribution in [0, 0.1) is 0 Å². The second-order valence-corrected chi connectivity index (χ2v) is 9.72. The van der Waals surface area contributed by atoms with Crippen molar-refractivity contribution in [2.24, 2.45) is 0 Å². The molecule has 0 unspecified atom stereocenters. The van der Waals surface area contributed by atoms with Gasteiger partial charge >= 0.3 is 6.09 Å². The molecule has 7 nitrogen and oxygen atoms in total. The van der Waals surface area contributed by atoms with Crippen molar-refractivity contribution < 1.29 is 27.1 Å². The third-order valence-electron chi connectivity index (χ3n) is 4.77. The van der Waals surface area contributed by atoms with Gasteiger partial charge in [-0.25, -0.2) is 4.79 Å². The first-order valence-electron chi connectivity index (χ1n) is 8.94. The van der Waals surface area contributed by atoms with Crippen LogP contribution in [0.2, 0.25) is 0 Å². The van der Waals surface area contributed by atoms with E-state index in [-0.39, 0.29) is 10.3 Å². The Labute approximate surface area is 161 Å². The molecule has 8 heteroatoms. The van der Waals surface area contributed by atoms with E-state index in [1.54, 1.807) is 6.07 Å². The largest absolute Gasteiger partial charge is 0.444 e. The summed E-state index contributed by atoms with van der Waals surface area (Å²) in [6, 6.07) is 4.67. The summed E-state index contributed by atoms with van der Waals surface area (Å²) in [5.74, 6) is 0. The maximum Gasteiger partial charge on any atom is 0.407 e. The molecular weight excluding hydrogens is 368 g/mol. The molecule has 0 spiro atoms. The fourth-order valence-electron chi connectivity index (χ4n) is 3.15. The van der Waals surface area contributed by atoms with E-state index in [4.69, 9.17) is 4.74 Å². The van der Waals surface area contributed by atoms with Gasteiger partial charge in [0.2, 0.25) is 5.69 Å². The van der Waals surface area contributed by atoms with Crippen LogP contribution in [0.4, 0.5) is 10.5 Å². The fraction of sp³-hybridized carbons (Fsp3) is 0.579. The highest BCUT2D eigenvalue weighted by molar-refractivity contribution is 7.85. The van der Waals surface area contributed by atoms with Crippen LogP contribution < -0.4 is 5.32 Å². The van der Waals surface area contributed by atoms with Gasteiger partial charge in [0.15, 0.2) is 12.3 Å². The molecule has 1 heterocycles. The number of fused-ring (bicyclic) bond motifs is 1.